The van der Waals surface area contributed by atoms with Crippen molar-refractivity contribution in [3.63, 3.8) is 0 Å². The molecule has 0 bridgehead atoms. The maximum atomic E-state index is 13.2. The van der Waals surface area contributed by atoms with E-state index in [1.165, 1.54) is 23.5 Å². The summed E-state index contributed by atoms with van der Waals surface area (Å²) in [6.07, 6.45) is 0. The number of aromatic nitrogens is 2. The van der Waals surface area contributed by atoms with E-state index in [1.54, 1.807) is 28.9 Å². The van der Waals surface area contributed by atoms with E-state index in [2.05, 4.69) is 10.4 Å². The highest BCUT2D eigenvalue weighted by molar-refractivity contribution is 7.83. The summed E-state index contributed by atoms with van der Waals surface area (Å²) in [6, 6.07) is 9.40. The van der Waals surface area contributed by atoms with Gasteiger partial charge in [-0.05, 0) is 35.7 Å². The molecule has 0 saturated heterocycles. The normalized spacial score (nSPS) is 16.1. The quantitative estimate of drug-likeness (QED) is 0.780. The summed E-state index contributed by atoms with van der Waals surface area (Å²) < 4.78 is 26.6. The first-order valence-electron chi connectivity index (χ1n) is 7.18. The lowest BCUT2D eigenvalue weighted by Gasteiger charge is -2.10. The van der Waals surface area contributed by atoms with Gasteiger partial charge in [-0.2, -0.15) is 5.10 Å². The molecule has 122 valence electrons. The van der Waals surface area contributed by atoms with Gasteiger partial charge >= 0.3 is 0 Å². The molecular formula is C16H12FN3O2S2. The second-order valence-electron chi connectivity index (χ2n) is 5.32. The highest BCUT2D eigenvalue weighted by Crippen LogP contribution is 2.31. The second-order valence-corrected chi connectivity index (χ2v) is 7.73. The molecule has 3 heterocycles. The average Bonchev–Trinajstić information content (AvgIpc) is 3.26. The van der Waals surface area contributed by atoms with Crippen LogP contribution in [0.25, 0.3) is 5.69 Å². The number of hydrogen-bond donors (Lipinski definition) is 1. The lowest BCUT2D eigenvalue weighted by Crippen LogP contribution is -2.15. The van der Waals surface area contributed by atoms with Crippen LogP contribution in [-0.4, -0.2) is 19.9 Å². The summed E-state index contributed by atoms with van der Waals surface area (Å²) in [6.45, 7) is 0. The van der Waals surface area contributed by atoms with Crippen LogP contribution in [0, 0.1) is 5.82 Å². The van der Waals surface area contributed by atoms with Crippen LogP contribution in [0.2, 0.25) is 0 Å². The zero-order valence-electron chi connectivity index (χ0n) is 12.4. The molecule has 0 radical (unpaired) electrons. The number of hydrogen-bond acceptors (Lipinski definition) is 4. The Hall–Kier alpha value is -2.32. The first-order valence-corrected chi connectivity index (χ1v) is 9.55. The number of amides is 1. The van der Waals surface area contributed by atoms with Crippen LogP contribution in [0.15, 0.2) is 41.8 Å². The molecule has 24 heavy (non-hydrogen) atoms. The topological polar surface area (TPSA) is 64.0 Å². The third kappa shape index (κ3) is 2.67. The number of thiophene rings is 1. The lowest BCUT2D eigenvalue weighted by molar-refractivity contribution is 0.102. The Morgan fingerprint density at radius 1 is 1.25 bits per heavy atom. The number of carbonyl (C=O) groups is 1. The number of nitrogens with one attached hydrogen (secondary N) is 1. The summed E-state index contributed by atoms with van der Waals surface area (Å²) in [7, 11) is -1.00. The minimum absolute atomic E-state index is 0.242. The van der Waals surface area contributed by atoms with Crippen molar-refractivity contribution in [3.8, 4) is 5.69 Å². The number of anilines is 1. The van der Waals surface area contributed by atoms with Gasteiger partial charge in [-0.15, -0.1) is 11.3 Å². The molecule has 1 aliphatic rings. The molecule has 0 fully saturated rings. The van der Waals surface area contributed by atoms with Gasteiger partial charge in [0, 0.05) is 16.4 Å². The van der Waals surface area contributed by atoms with E-state index < -0.39 is 10.8 Å². The van der Waals surface area contributed by atoms with Crippen molar-refractivity contribution in [3.05, 3.63) is 63.7 Å². The van der Waals surface area contributed by atoms with Gasteiger partial charge in [-0.3, -0.25) is 9.00 Å². The van der Waals surface area contributed by atoms with Crippen molar-refractivity contribution in [2.75, 3.05) is 5.32 Å². The SMILES string of the molecule is O=C(Nc1c2c(nn1-c1ccc(F)cc1)C[S@@](=O)C2)c1cccs1. The van der Waals surface area contributed by atoms with E-state index in [-0.39, 0.29) is 11.7 Å². The molecule has 0 spiro atoms. The fourth-order valence-corrected chi connectivity index (χ4v) is 4.49. The van der Waals surface area contributed by atoms with E-state index >= 15 is 0 Å². The van der Waals surface area contributed by atoms with Crippen LogP contribution in [-0.2, 0) is 22.3 Å². The number of benzene rings is 1. The molecule has 1 amide bonds. The van der Waals surface area contributed by atoms with Crippen LogP contribution < -0.4 is 5.32 Å². The van der Waals surface area contributed by atoms with Gasteiger partial charge in [0.15, 0.2) is 0 Å². The Labute approximate surface area is 143 Å². The number of nitrogens with zero attached hydrogens (tertiary/aromatic N) is 2. The highest BCUT2D eigenvalue weighted by atomic mass is 32.2. The van der Waals surface area contributed by atoms with Crippen molar-refractivity contribution in [2.24, 2.45) is 0 Å². The highest BCUT2D eigenvalue weighted by Gasteiger charge is 2.28. The van der Waals surface area contributed by atoms with E-state index in [9.17, 15) is 13.4 Å². The van der Waals surface area contributed by atoms with Gasteiger partial charge in [0.25, 0.3) is 5.91 Å². The Morgan fingerprint density at radius 2 is 2.04 bits per heavy atom. The maximum absolute atomic E-state index is 13.2. The van der Waals surface area contributed by atoms with Crippen LogP contribution in [0.3, 0.4) is 0 Å². The molecule has 4 rings (SSSR count). The molecule has 2 aromatic heterocycles. The summed E-state index contributed by atoms with van der Waals surface area (Å²) >= 11 is 1.34. The smallest absolute Gasteiger partial charge is 0.266 e. The molecule has 5 nitrogen and oxygen atoms in total. The molecule has 1 aliphatic heterocycles. The number of carbonyl (C=O) groups excluding carboxylic acids is 1. The van der Waals surface area contributed by atoms with Crippen LogP contribution in [0.4, 0.5) is 10.2 Å². The Morgan fingerprint density at radius 3 is 2.75 bits per heavy atom. The van der Waals surface area contributed by atoms with Gasteiger partial charge in [0.2, 0.25) is 0 Å². The monoisotopic (exact) mass is 361 g/mol. The van der Waals surface area contributed by atoms with Gasteiger partial charge in [-0.1, -0.05) is 6.07 Å². The predicted octanol–water partition coefficient (Wildman–Crippen LogP) is 3.09. The van der Waals surface area contributed by atoms with Crippen LogP contribution in [0.1, 0.15) is 20.9 Å². The Bertz CT molecular complexity index is 933. The minimum Gasteiger partial charge on any atom is -0.305 e. The molecule has 0 saturated carbocycles. The van der Waals surface area contributed by atoms with Crippen molar-refractivity contribution >= 4 is 33.9 Å². The standard InChI is InChI=1S/C16H12FN3O2S2/c17-10-3-5-11(6-4-10)20-15(12-8-24(22)9-13(12)19-20)18-16(21)14-2-1-7-23-14/h1-7H,8-9H2,(H,18,21)/t24-/m0/s1. The number of rotatable bonds is 3. The largest absolute Gasteiger partial charge is 0.305 e. The fraction of sp³-hybridized carbons (Fsp3) is 0.125. The van der Waals surface area contributed by atoms with Gasteiger partial charge < -0.3 is 5.32 Å². The second kappa shape index (κ2) is 5.95. The molecule has 1 N–H and O–H groups in total. The Kier molecular flexibility index (Phi) is 3.78. The van der Waals surface area contributed by atoms with E-state index in [0.29, 0.717) is 33.6 Å². The van der Waals surface area contributed by atoms with E-state index in [4.69, 9.17) is 0 Å². The summed E-state index contributed by atoms with van der Waals surface area (Å²) in [5, 5.41) is 9.16. The molecular weight excluding hydrogens is 349 g/mol. The molecule has 0 aliphatic carbocycles. The number of halogens is 1. The fourth-order valence-electron chi connectivity index (χ4n) is 2.60. The molecule has 0 unspecified atom stereocenters. The first-order chi connectivity index (χ1) is 11.6. The van der Waals surface area contributed by atoms with Crippen molar-refractivity contribution in [2.45, 2.75) is 11.5 Å². The van der Waals surface area contributed by atoms with Crippen molar-refractivity contribution < 1.29 is 13.4 Å². The maximum Gasteiger partial charge on any atom is 0.266 e. The third-order valence-corrected chi connectivity index (χ3v) is 5.79. The Balaban J connectivity index is 1.77. The van der Waals surface area contributed by atoms with Gasteiger partial charge in [0.05, 0.1) is 27.8 Å². The zero-order chi connectivity index (χ0) is 16.7. The molecule has 1 aromatic carbocycles. The molecule has 8 heteroatoms. The minimum atomic E-state index is -1.00. The van der Waals surface area contributed by atoms with E-state index in [0.717, 1.165) is 5.56 Å². The zero-order valence-corrected chi connectivity index (χ0v) is 14.0. The summed E-state index contributed by atoms with van der Waals surface area (Å²) in [5.41, 5.74) is 2.12. The van der Waals surface area contributed by atoms with Crippen molar-refractivity contribution in [1.82, 2.24) is 9.78 Å². The third-order valence-electron chi connectivity index (χ3n) is 3.72. The van der Waals surface area contributed by atoms with Gasteiger partial charge in [0.1, 0.15) is 11.6 Å². The average molecular weight is 361 g/mol. The summed E-state index contributed by atoms with van der Waals surface area (Å²) in [4.78, 5) is 13.0. The molecule has 1 atom stereocenters. The predicted molar refractivity (Wildman–Crippen MR) is 91.3 cm³/mol. The first kappa shape index (κ1) is 15.2. The number of fused-ring (bicyclic) bond motifs is 1. The van der Waals surface area contributed by atoms with Crippen LogP contribution >= 0.6 is 11.3 Å². The van der Waals surface area contributed by atoms with E-state index in [1.807, 2.05) is 5.38 Å². The summed E-state index contributed by atoms with van der Waals surface area (Å²) in [5.74, 6) is 0.639. The van der Waals surface area contributed by atoms with Crippen molar-refractivity contribution in [1.29, 1.82) is 0 Å². The lowest BCUT2D eigenvalue weighted by atomic mass is 10.2. The molecule has 3 aromatic rings. The van der Waals surface area contributed by atoms with Gasteiger partial charge in [-0.25, -0.2) is 9.07 Å². The van der Waals surface area contributed by atoms with Crippen LogP contribution in [0.5, 0.6) is 0 Å².